The van der Waals surface area contributed by atoms with E-state index in [2.05, 4.69) is 22.1 Å². The lowest BCUT2D eigenvalue weighted by molar-refractivity contribution is 0.121. The van der Waals surface area contributed by atoms with Gasteiger partial charge in [-0.15, -0.1) is 0 Å². The summed E-state index contributed by atoms with van der Waals surface area (Å²) in [7, 11) is 1.59. The van der Waals surface area contributed by atoms with E-state index >= 15 is 0 Å². The molecule has 0 aliphatic carbocycles. The highest BCUT2D eigenvalue weighted by Gasteiger charge is 2.23. The van der Waals surface area contributed by atoms with Crippen LogP contribution in [0.3, 0.4) is 0 Å². The number of amides is 1. The van der Waals surface area contributed by atoms with Crippen LogP contribution in [0.5, 0.6) is 0 Å². The second kappa shape index (κ2) is 11.1. The van der Waals surface area contributed by atoms with E-state index in [9.17, 15) is 13.6 Å². The van der Waals surface area contributed by atoms with Gasteiger partial charge in [0, 0.05) is 13.6 Å². The number of aliphatic imine (C=N–C) groups is 1. The molecule has 8 nitrogen and oxygen atoms in total. The molecule has 0 saturated heterocycles. The highest BCUT2D eigenvalue weighted by Crippen LogP contribution is 2.32. The number of ether oxygens (including phenoxy) is 1. The van der Waals surface area contributed by atoms with E-state index in [-0.39, 0.29) is 17.3 Å². The van der Waals surface area contributed by atoms with Gasteiger partial charge in [0.05, 0.1) is 23.1 Å². The van der Waals surface area contributed by atoms with Crippen LogP contribution in [-0.2, 0) is 4.74 Å². The Morgan fingerprint density at radius 2 is 2.22 bits per heavy atom. The minimum absolute atomic E-state index is 0.0427. The van der Waals surface area contributed by atoms with Crippen LogP contribution in [0, 0.1) is 5.41 Å². The molecule has 2 N–H and O–H groups in total. The van der Waals surface area contributed by atoms with Crippen molar-refractivity contribution < 1.29 is 18.3 Å². The number of likely N-dealkylation sites (N-methyl/N-ethyl adjacent to an activating group) is 1. The molecular weight excluding hydrogens is 382 g/mol. The van der Waals surface area contributed by atoms with E-state index < -0.39 is 18.7 Å². The molecule has 0 saturated carbocycles. The summed E-state index contributed by atoms with van der Waals surface area (Å²) in [6.07, 6.45) is 1.28. The Kier molecular flexibility index (Phi) is 9.14. The van der Waals surface area contributed by atoms with Crippen molar-refractivity contribution >= 4 is 42.8 Å². The van der Waals surface area contributed by atoms with Gasteiger partial charge in [0.25, 0.3) is 0 Å². The van der Waals surface area contributed by atoms with E-state index in [4.69, 9.17) is 21.7 Å². The van der Waals surface area contributed by atoms with Gasteiger partial charge in [-0.05, 0) is 31.3 Å². The molecule has 0 fully saturated rings. The molecule has 1 atom stereocenters. The number of benzene rings is 1. The van der Waals surface area contributed by atoms with Crippen LogP contribution in [0.25, 0.3) is 0 Å². The largest absolute Gasteiger partial charge is 0.447 e. The van der Waals surface area contributed by atoms with Gasteiger partial charge >= 0.3 is 12.6 Å². The summed E-state index contributed by atoms with van der Waals surface area (Å²) in [5, 5.41) is 13.9. The fraction of sp³-hybridized carbons (Fsp3) is 0.375. The van der Waals surface area contributed by atoms with E-state index in [1.807, 2.05) is 0 Å². The number of hydrogen-bond acceptors (Lipinski definition) is 5. The minimum Gasteiger partial charge on any atom is -0.447 e. The van der Waals surface area contributed by atoms with Crippen LogP contribution in [-0.4, -0.2) is 57.1 Å². The molecule has 0 aromatic heterocycles. The van der Waals surface area contributed by atoms with Crippen molar-refractivity contribution in [1.29, 1.82) is 5.41 Å². The third-order valence-electron chi connectivity index (χ3n) is 3.43. The average Bonchev–Trinajstić information content (AvgIpc) is 2.63. The maximum Gasteiger partial charge on any atom is 0.407 e. The van der Waals surface area contributed by atoms with Crippen molar-refractivity contribution in [2.24, 2.45) is 10.1 Å². The number of hydrazone groups is 1. The third kappa shape index (κ3) is 6.48. The van der Waals surface area contributed by atoms with Crippen molar-refractivity contribution in [2.75, 3.05) is 25.2 Å². The van der Waals surface area contributed by atoms with E-state index in [1.54, 1.807) is 20.0 Å². The maximum absolute atomic E-state index is 13.4. The molecule has 27 heavy (non-hydrogen) atoms. The molecule has 0 aliphatic rings. The average molecular weight is 403 g/mol. The number of carbonyl (C=O) groups is 1. The van der Waals surface area contributed by atoms with Crippen LogP contribution < -0.4 is 10.3 Å². The lowest BCUT2D eigenvalue weighted by Gasteiger charge is -2.27. The molecule has 11 heteroatoms. The number of carbonyl (C=O) groups excluding carboxylic acids is 1. The zero-order chi connectivity index (χ0) is 20.4. The fourth-order valence-electron chi connectivity index (χ4n) is 2.11. The van der Waals surface area contributed by atoms with Gasteiger partial charge in [0.1, 0.15) is 12.9 Å². The number of halogens is 3. The van der Waals surface area contributed by atoms with Crippen LogP contribution in [0.2, 0.25) is 5.02 Å². The Morgan fingerprint density at radius 1 is 1.52 bits per heavy atom. The van der Waals surface area contributed by atoms with Gasteiger partial charge in [-0.3, -0.25) is 10.4 Å². The first kappa shape index (κ1) is 22.3. The number of hydrogen-bond donors (Lipinski definition) is 2. The van der Waals surface area contributed by atoms with Crippen molar-refractivity contribution in [2.45, 2.75) is 19.5 Å². The molecule has 148 valence electrons. The molecule has 0 heterocycles. The molecular formula is C16H21ClF2N6O2. The molecule has 0 bridgehead atoms. The number of rotatable bonds is 10. The second-order valence-corrected chi connectivity index (χ2v) is 5.59. The monoisotopic (exact) mass is 402 g/mol. The third-order valence-corrected chi connectivity index (χ3v) is 3.75. The lowest BCUT2D eigenvalue weighted by atomic mass is 10.1. The maximum atomic E-state index is 13.4. The van der Waals surface area contributed by atoms with Crippen molar-refractivity contribution in [3.63, 3.8) is 0 Å². The fourth-order valence-corrected chi connectivity index (χ4v) is 2.32. The highest BCUT2D eigenvalue weighted by atomic mass is 35.5. The molecule has 0 aliphatic heterocycles. The summed E-state index contributed by atoms with van der Waals surface area (Å²) < 4.78 is 31.8. The molecule has 1 rings (SSSR count). The molecule has 1 aromatic rings. The van der Waals surface area contributed by atoms with Gasteiger partial charge in [0.2, 0.25) is 0 Å². The Morgan fingerprint density at radius 3 is 2.78 bits per heavy atom. The standard InChI is InChI=1S/C16H21ClF2N6O2/c1-4-22-16(26)27-8-14(24(3)9-20)11-5-6-12(17)13(7-11)25(15(18)19)23-10-21-2/h5-7,9-10,14-15,20H,2,4,8H2,1,3H3,(H,22,26)/b20-9?,23-10-. The summed E-state index contributed by atoms with van der Waals surface area (Å²) in [6.45, 7) is 2.21. The van der Waals surface area contributed by atoms with Crippen molar-refractivity contribution in [3.8, 4) is 0 Å². The first-order valence-electron chi connectivity index (χ1n) is 7.83. The quantitative estimate of drug-likeness (QED) is 0.271. The number of nitrogens with zero attached hydrogens (tertiary/aromatic N) is 4. The Bertz CT molecular complexity index is 689. The van der Waals surface area contributed by atoms with E-state index in [0.29, 0.717) is 17.1 Å². The van der Waals surface area contributed by atoms with Gasteiger partial charge < -0.3 is 15.0 Å². The Balaban J connectivity index is 3.23. The predicted molar refractivity (Wildman–Crippen MR) is 102 cm³/mol. The summed E-state index contributed by atoms with van der Waals surface area (Å²) >= 11 is 6.05. The molecule has 1 amide bonds. The van der Waals surface area contributed by atoms with Crippen LogP contribution in [0.4, 0.5) is 19.3 Å². The number of nitrogens with one attached hydrogen (secondary N) is 2. The first-order chi connectivity index (χ1) is 12.8. The molecule has 0 spiro atoms. The lowest BCUT2D eigenvalue weighted by Crippen LogP contribution is -2.31. The normalized spacial score (nSPS) is 11.9. The molecule has 1 unspecified atom stereocenters. The van der Waals surface area contributed by atoms with Crippen LogP contribution in [0.15, 0.2) is 28.3 Å². The first-order valence-corrected chi connectivity index (χ1v) is 8.21. The zero-order valence-electron chi connectivity index (χ0n) is 14.9. The Labute approximate surface area is 161 Å². The summed E-state index contributed by atoms with van der Waals surface area (Å²) in [5.74, 6) is 0. The second-order valence-electron chi connectivity index (χ2n) is 5.19. The summed E-state index contributed by atoms with van der Waals surface area (Å²) in [5.41, 5.74) is 0.433. The summed E-state index contributed by atoms with van der Waals surface area (Å²) in [4.78, 5) is 16.3. The topological polar surface area (TPSA) is 93.4 Å². The predicted octanol–water partition coefficient (Wildman–Crippen LogP) is 3.34. The van der Waals surface area contributed by atoms with Gasteiger partial charge in [-0.2, -0.15) is 13.9 Å². The molecule has 0 radical (unpaired) electrons. The smallest absolute Gasteiger partial charge is 0.407 e. The van der Waals surface area contributed by atoms with Crippen molar-refractivity contribution in [1.82, 2.24) is 10.2 Å². The summed E-state index contributed by atoms with van der Waals surface area (Å²) in [6, 6.07) is 3.81. The van der Waals surface area contributed by atoms with Gasteiger partial charge in [0.15, 0.2) is 0 Å². The number of alkyl carbamates (subject to hydrolysis) is 1. The van der Waals surface area contributed by atoms with Gasteiger partial charge in [-0.25, -0.2) is 9.80 Å². The highest BCUT2D eigenvalue weighted by molar-refractivity contribution is 6.33. The van der Waals surface area contributed by atoms with Crippen molar-refractivity contribution in [3.05, 3.63) is 28.8 Å². The van der Waals surface area contributed by atoms with Gasteiger partial charge in [-0.1, -0.05) is 17.7 Å². The SMILES string of the molecule is C=N/C=N\N(c1cc(C(COC(=O)NCC)N(C)C=N)ccc1Cl)C(F)F. The molecule has 1 aromatic carbocycles. The van der Waals surface area contributed by atoms with E-state index in [1.165, 1.54) is 17.0 Å². The van der Waals surface area contributed by atoms with Crippen LogP contribution >= 0.6 is 11.6 Å². The van der Waals surface area contributed by atoms with Crippen LogP contribution in [0.1, 0.15) is 18.5 Å². The van der Waals surface area contributed by atoms with E-state index in [0.717, 1.165) is 12.7 Å². The zero-order valence-corrected chi connectivity index (χ0v) is 15.7. The number of anilines is 1. The Hall–Kier alpha value is -2.75. The minimum atomic E-state index is -2.97. The number of alkyl halides is 2.